The molecule has 0 aromatic carbocycles. The summed E-state index contributed by atoms with van der Waals surface area (Å²) >= 11 is 1.58. The van der Waals surface area contributed by atoms with E-state index < -0.39 is 23.1 Å². The first-order valence-corrected chi connectivity index (χ1v) is 9.69. The summed E-state index contributed by atoms with van der Waals surface area (Å²) in [5.74, 6) is 0.191. The maximum Gasteiger partial charge on any atom is 0.332 e. The number of amides is 4. The molecule has 2 heterocycles. The lowest BCUT2D eigenvalue weighted by Crippen LogP contribution is -2.55. The third kappa shape index (κ3) is 3.21. The number of rotatable bonds is 5. The van der Waals surface area contributed by atoms with Crippen LogP contribution in [0.2, 0.25) is 0 Å². The highest BCUT2D eigenvalue weighted by molar-refractivity contribution is 7.99. The number of hydrogen-bond donors (Lipinski definition) is 2. The largest absolute Gasteiger partial charge is 0.467 e. The Kier molecular flexibility index (Phi) is 4.95. The van der Waals surface area contributed by atoms with Gasteiger partial charge in [0.2, 0.25) is 5.91 Å². The van der Waals surface area contributed by atoms with E-state index in [9.17, 15) is 19.2 Å². The molecule has 3 rings (SSSR count). The number of carbonyl (C=O) groups excluding carboxylic acids is 4. The summed E-state index contributed by atoms with van der Waals surface area (Å²) in [6, 6.07) is -0.432. The van der Waals surface area contributed by atoms with E-state index in [-0.39, 0.29) is 24.8 Å². The third-order valence-electron chi connectivity index (χ3n) is 5.24. The van der Waals surface area contributed by atoms with E-state index in [1.807, 2.05) is 0 Å². The zero-order valence-corrected chi connectivity index (χ0v) is 15.1. The first kappa shape index (κ1) is 18.0. The lowest BCUT2D eigenvalue weighted by molar-refractivity contribution is -0.150. The van der Waals surface area contributed by atoms with Crippen LogP contribution in [0.1, 0.15) is 38.5 Å². The maximum absolute atomic E-state index is 12.5. The van der Waals surface area contributed by atoms with Crippen LogP contribution in [-0.4, -0.2) is 65.0 Å². The van der Waals surface area contributed by atoms with Crippen molar-refractivity contribution < 1.29 is 23.9 Å². The molecule has 3 aliphatic rings. The fraction of sp³-hybridized carbons (Fsp3) is 0.750. The summed E-state index contributed by atoms with van der Waals surface area (Å²) in [6.45, 7) is 0.0165. The van der Waals surface area contributed by atoms with Gasteiger partial charge in [-0.25, -0.2) is 9.59 Å². The molecule has 0 bridgehead atoms. The number of carbonyl (C=O) groups is 4. The number of thioether (sulfide) groups is 1. The number of methoxy groups -OCH3 is 1. The van der Waals surface area contributed by atoms with Gasteiger partial charge in [0.15, 0.2) is 0 Å². The Morgan fingerprint density at radius 3 is 2.60 bits per heavy atom. The van der Waals surface area contributed by atoms with Crippen LogP contribution >= 0.6 is 11.8 Å². The van der Waals surface area contributed by atoms with E-state index in [1.54, 1.807) is 11.8 Å². The van der Waals surface area contributed by atoms with E-state index in [1.165, 1.54) is 7.11 Å². The highest BCUT2D eigenvalue weighted by Gasteiger charge is 2.52. The predicted molar refractivity (Wildman–Crippen MR) is 90.9 cm³/mol. The normalized spacial score (nSPS) is 27.6. The summed E-state index contributed by atoms with van der Waals surface area (Å²) in [5.41, 5.74) is -1.76. The van der Waals surface area contributed by atoms with Gasteiger partial charge in [-0.15, -0.1) is 0 Å². The molecule has 0 radical (unpaired) electrons. The molecule has 2 aliphatic heterocycles. The van der Waals surface area contributed by atoms with E-state index in [2.05, 4.69) is 10.6 Å². The SMILES string of the molecule is COC(=O)[C@]1(NC(=O)CCN2C(=O)NC3(CCCC3)C2=O)CCSC1. The highest BCUT2D eigenvalue weighted by Crippen LogP contribution is 2.35. The van der Waals surface area contributed by atoms with Gasteiger partial charge in [-0.1, -0.05) is 12.8 Å². The first-order valence-electron chi connectivity index (χ1n) is 8.54. The molecule has 8 nitrogen and oxygen atoms in total. The molecule has 25 heavy (non-hydrogen) atoms. The smallest absolute Gasteiger partial charge is 0.332 e. The molecular formula is C16H23N3O5S. The summed E-state index contributed by atoms with van der Waals surface area (Å²) < 4.78 is 4.82. The average Bonchev–Trinajstić information content (AvgIpc) is 3.29. The Morgan fingerprint density at radius 1 is 1.28 bits per heavy atom. The lowest BCUT2D eigenvalue weighted by Gasteiger charge is -2.26. The maximum atomic E-state index is 12.5. The van der Waals surface area contributed by atoms with Gasteiger partial charge in [-0.3, -0.25) is 14.5 Å². The molecule has 1 aliphatic carbocycles. The molecule has 0 aromatic rings. The quantitative estimate of drug-likeness (QED) is 0.537. The van der Waals surface area contributed by atoms with Gasteiger partial charge in [0, 0.05) is 18.7 Å². The second-order valence-electron chi connectivity index (χ2n) is 6.85. The number of esters is 1. The van der Waals surface area contributed by atoms with E-state index in [4.69, 9.17) is 4.74 Å². The van der Waals surface area contributed by atoms with Gasteiger partial charge in [-0.05, 0) is 25.0 Å². The molecule has 1 saturated carbocycles. The summed E-state index contributed by atoms with van der Waals surface area (Å²) in [6.07, 6.45) is 3.63. The van der Waals surface area contributed by atoms with Gasteiger partial charge in [0.05, 0.1) is 7.11 Å². The summed E-state index contributed by atoms with van der Waals surface area (Å²) in [4.78, 5) is 50.1. The molecule has 1 spiro atoms. The van der Waals surface area contributed by atoms with Crippen LogP contribution in [-0.2, 0) is 19.1 Å². The van der Waals surface area contributed by atoms with Crippen LogP contribution in [0.15, 0.2) is 0 Å². The lowest BCUT2D eigenvalue weighted by atomic mass is 9.98. The van der Waals surface area contributed by atoms with Crippen molar-refractivity contribution in [3.8, 4) is 0 Å². The average molecular weight is 369 g/mol. The molecule has 1 atom stereocenters. The van der Waals surface area contributed by atoms with Gasteiger partial charge in [0.25, 0.3) is 5.91 Å². The molecule has 9 heteroatoms. The summed E-state index contributed by atoms with van der Waals surface area (Å²) in [7, 11) is 1.30. The number of imide groups is 1. The van der Waals surface area contributed by atoms with Crippen molar-refractivity contribution in [2.24, 2.45) is 0 Å². The molecule has 138 valence electrons. The van der Waals surface area contributed by atoms with Crippen LogP contribution < -0.4 is 10.6 Å². The minimum Gasteiger partial charge on any atom is -0.467 e. The fourth-order valence-electron chi connectivity index (χ4n) is 3.81. The van der Waals surface area contributed by atoms with Crippen molar-refractivity contribution in [3.05, 3.63) is 0 Å². The van der Waals surface area contributed by atoms with Crippen molar-refractivity contribution in [1.29, 1.82) is 0 Å². The highest BCUT2D eigenvalue weighted by atomic mass is 32.2. The van der Waals surface area contributed by atoms with Gasteiger partial charge in [-0.2, -0.15) is 11.8 Å². The minimum absolute atomic E-state index is 0.0165. The minimum atomic E-state index is -1.000. The van der Waals surface area contributed by atoms with Gasteiger partial charge >= 0.3 is 12.0 Å². The predicted octanol–water partition coefficient (Wildman–Crippen LogP) is 0.406. The Hall–Kier alpha value is -1.77. The zero-order chi connectivity index (χ0) is 18.1. The van der Waals surface area contributed by atoms with Crippen molar-refractivity contribution in [2.75, 3.05) is 25.2 Å². The van der Waals surface area contributed by atoms with Crippen molar-refractivity contribution >= 4 is 35.6 Å². The number of hydrogen-bond acceptors (Lipinski definition) is 6. The molecule has 0 unspecified atom stereocenters. The second-order valence-corrected chi connectivity index (χ2v) is 7.96. The zero-order valence-electron chi connectivity index (χ0n) is 14.3. The third-order valence-corrected chi connectivity index (χ3v) is 6.43. The standard InChI is InChI=1S/C16H23N3O5S/c1-24-13(22)16(7-9-25-10-16)17-11(20)4-8-19-12(21)15(18-14(19)23)5-2-3-6-15/h2-10H2,1H3,(H,17,20)(H,18,23)/t16-/m0/s1. The Balaban J connectivity index is 1.58. The van der Waals surface area contributed by atoms with Gasteiger partial charge < -0.3 is 15.4 Å². The van der Waals surface area contributed by atoms with Gasteiger partial charge in [0.1, 0.15) is 11.1 Å². The van der Waals surface area contributed by atoms with Crippen molar-refractivity contribution in [2.45, 2.75) is 49.6 Å². The topological polar surface area (TPSA) is 105 Å². The van der Waals surface area contributed by atoms with Crippen LogP contribution in [0.25, 0.3) is 0 Å². The molecule has 4 amide bonds. The number of ether oxygens (including phenoxy) is 1. The molecule has 3 fully saturated rings. The van der Waals surface area contributed by atoms with Crippen LogP contribution in [0.4, 0.5) is 4.79 Å². The van der Waals surface area contributed by atoms with Crippen LogP contribution in [0.5, 0.6) is 0 Å². The molecule has 2 N–H and O–H groups in total. The molecule has 0 aromatic heterocycles. The van der Waals surface area contributed by atoms with E-state index in [0.29, 0.717) is 25.0 Å². The van der Waals surface area contributed by atoms with Crippen molar-refractivity contribution in [1.82, 2.24) is 15.5 Å². The summed E-state index contributed by atoms with van der Waals surface area (Å²) in [5, 5.41) is 5.54. The molecular weight excluding hydrogens is 346 g/mol. The van der Waals surface area contributed by atoms with Crippen molar-refractivity contribution in [3.63, 3.8) is 0 Å². The monoisotopic (exact) mass is 369 g/mol. The number of nitrogens with one attached hydrogen (secondary N) is 2. The van der Waals surface area contributed by atoms with E-state index in [0.717, 1.165) is 23.5 Å². The second kappa shape index (κ2) is 6.86. The Morgan fingerprint density at radius 2 is 2.00 bits per heavy atom. The Bertz CT molecular complexity index is 597. The molecule has 2 saturated heterocycles. The Labute approximate surface area is 150 Å². The first-order chi connectivity index (χ1) is 11.9. The number of urea groups is 1. The van der Waals surface area contributed by atoms with Crippen LogP contribution in [0.3, 0.4) is 0 Å². The number of nitrogens with zero attached hydrogens (tertiary/aromatic N) is 1. The fourth-order valence-corrected chi connectivity index (χ4v) is 5.13. The van der Waals surface area contributed by atoms with Crippen LogP contribution in [0, 0.1) is 0 Å². The van der Waals surface area contributed by atoms with E-state index >= 15 is 0 Å².